The van der Waals surface area contributed by atoms with Crippen molar-refractivity contribution in [1.82, 2.24) is 0 Å². The third kappa shape index (κ3) is 0.668. The lowest BCUT2D eigenvalue weighted by Crippen LogP contribution is -2.59. The van der Waals surface area contributed by atoms with Crippen LogP contribution in [0.2, 0.25) is 0 Å². The van der Waals surface area contributed by atoms with Gasteiger partial charge in [0.05, 0.1) is 6.10 Å². The first-order valence-electron chi connectivity index (χ1n) is 3.96. The molecule has 2 fully saturated rings. The van der Waals surface area contributed by atoms with E-state index in [1.807, 2.05) is 7.11 Å². The maximum atomic E-state index is 5.38. The van der Waals surface area contributed by atoms with Crippen molar-refractivity contribution in [2.24, 2.45) is 5.41 Å². The molecular formula is C8H13BrO. The fourth-order valence-electron chi connectivity index (χ4n) is 2.25. The van der Waals surface area contributed by atoms with Gasteiger partial charge in [-0.25, -0.2) is 0 Å². The molecule has 2 saturated carbocycles. The Morgan fingerprint density at radius 2 is 2.20 bits per heavy atom. The number of alkyl halides is 1. The van der Waals surface area contributed by atoms with Gasteiger partial charge < -0.3 is 4.74 Å². The summed E-state index contributed by atoms with van der Waals surface area (Å²) in [5.74, 6) is 0. The molecule has 2 rings (SSSR count). The lowest BCUT2D eigenvalue weighted by molar-refractivity contribution is -0.126. The van der Waals surface area contributed by atoms with Crippen LogP contribution >= 0.6 is 15.9 Å². The van der Waals surface area contributed by atoms with Gasteiger partial charge in [-0.2, -0.15) is 0 Å². The first-order valence-corrected chi connectivity index (χ1v) is 4.88. The second kappa shape index (κ2) is 2.21. The fraction of sp³-hybridized carbons (Fsp3) is 1.00. The van der Waals surface area contributed by atoms with Crippen molar-refractivity contribution in [3.8, 4) is 0 Å². The van der Waals surface area contributed by atoms with Crippen LogP contribution in [0.3, 0.4) is 0 Å². The van der Waals surface area contributed by atoms with Gasteiger partial charge in [-0.05, 0) is 19.3 Å². The second-order valence-electron chi connectivity index (χ2n) is 3.51. The van der Waals surface area contributed by atoms with E-state index in [0.29, 0.717) is 11.5 Å². The molecule has 0 amide bonds. The van der Waals surface area contributed by atoms with Crippen LogP contribution in [0, 0.1) is 5.41 Å². The van der Waals surface area contributed by atoms with E-state index < -0.39 is 0 Å². The van der Waals surface area contributed by atoms with Gasteiger partial charge in [0.2, 0.25) is 0 Å². The number of hydrogen-bond donors (Lipinski definition) is 0. The molecule has 0 bridgehead atoms. The lowest BCUT2D eigenvalue weighted by atomic mass is 9.54. The molecule has 0 aromatic heterocycles. The molecular weight excluding hydrogens is 192 g/mol. The highest BCUT2D eigenvalue weighted by atomic mass is 79.9. The van der Waals surface area contributed by atoms with Crippen molar-refractivity contribution in [1.29, 1.82) is 0 Å². The average Bonchev–Trinajstić information content (AvgIpc) is 1.78. The summed E-state index contributed by atoms with van der Waals surface area (Å²) in [6.07, 6.45) is 5.94. The van der Waals surface area contributed by atoms with Gasteiger partial charge in [0, 0.05) is 17.4 Å². The van der Waals surface area contributed by atoms with Crippen molar-refractivity contribution >= 4 is 15.9 Å². The highest BCUT2D eigenvalue weighted by Crippen LogP contribution is 2.59. The largest absolute Gasteiger partial charge is 0.381 e. The molecule has 1 spiro atoms. The van der Waals surface area contributed by atoms with Crippen molar-refractivity contribution in [3.63, 3.8) is 0 Å². The molecule has 2 unspecified atom stereocenters. The van der Waals surface area contributed by atoms with Gasteiger partial charge in [0.15, 0.2) is 0 Å². The molecule has 2 atom stereocenters. The summed E-state index contributed by atoms with van der Waals surface area (Å²) in [5, 5.41) is 0. The van der Waals surface area contributed by atoms with Gasteiger partial charge in [0.1, 0.15) is 0 Å². The second-order valence-corrected chi connectivity index (χ2v) is 4.62. The number of halogens is 1. The first-order chi connectivity index (χ1) is 4.79. The summed E-state index contributed by atoms with van der Waals surface area (Å²) in [6.45, 7) is 0. The molecule has 1 nitrogen and oxygen atoms in total. The molecule has 0 aromatic carbocycles. The van der Waals surface area contributed by atoms with Crippen molar-refractivity contribution in [2.75, 3.05) is 7.11 Å². The van der Waals surface area contributed by atoms with Crippen LogP contribution in [0.1, 0.15) is 25.7 Å². The first kappa shape index (κ1) is 7.11. The average molecular weight is 205 g/mol. The van der Waals surface area contributed by atoms with Gasteiger partial charge >= 0.3 is 0 Å². The summed E-state index contributed by atoms with van der Waals surface area (Å²) >= 11 is 3.70. The highest BCUT2D eigenvalue weighted by Gasteiger charge is 2.57. The monoisotopic (exact) mass is 204 g/mol. The molecule has 0 aromatic rings. The smallest absolute Gasteiger partial charge is 0.0649 e. The molecule has 0 heterocycles. The number of hydrogen-bond acceptors (Lipinski definition) is 1. The Morgan fingerprint density at radius 3 is 2.40 bits per heavy atom. The topological polar surface area (TPSA) is 9.23 Å². The zero-order valence-corrected chi connectivity index (χ0v) is 7.86. The van der Waals surface area contributed by atoms with E-state index in [-0.39, 0.29) is 0 Å². The van der Waals surface area contributed by atoms with Gasteiger partial charge in [-0.15, -0.1) is 0 Å². The maximum Gasteiger partial charge on any atom is 0.0649 e. The molecule has 0 radical (unpaired) electrons. The molecule has 10 heavy (non-hydrogen) atoms. The van der Waals surface area contributed by atoms with E-state index in [4.69, 9.17) is 4.74 Å². The summed E-state index contributed by atoms with van der Waals surface area (Å²) in [4.78, 5) is 0.749. The van der Waals surface area contributed by atoms with E-state index in [0.717, 1.165) is 4.83 Å². The molecule has 0 N–H and O–H groups in total. The molecule has 2 aliphatic rings. The third-order valence-corrected chi connectivity index (χ3v) is 4.54. The van der Waals surface area contributed by atoms with Crippen LogP contribution < -0.4 is 0 Å². The zero-order valence-electron chi connectivity index (χ0n) is 6.27. The van der Waals surface area contributed by atoms with E-state index >= 15 is 0 Å². The Kier molecular flexibility index (Phi) is 1.57. The van der Waals surface area contributed by atoms with Gasteiger partial charge in [-0.1, -0.05) is 22.4 Å². The van der Waals surface area contributed by atoms with Crippen molar-refractivity contribution in [3.05, 3.63) is 0 Å². The predicted octanol–water partition coefficient (Wildman–Crippen LogP) is 2.34. The maximum absolute atomic E-state index is 5.38. The summed E-state index contributed by atoms with van der Waals surface area (Å²) < 4.78 is 5.38. The normalized spacial score (nSPS) is 42.6. The van der Waals surface area contributed by atoms with Crippen molar-refractivity contribution in [2.45, 2.75) is 36.6 Å². The van der Waals surface area contributed by atoms with E-state index in [2.05, 4.69) is 15.9 Å². The molecule has 0 saturated heterocycles. The Bertz CT molecular complexity index is 142. The molecule has 2 aliphatic carbocycles. The van der Waals surface area contributed by atoms with Gasteiger partial charge in [0.25, 0.3) is 0 Å². The lowest BCUT2D eigenvalue weighted by Gasteiger charge is -2.58. The van der Waals surface area contributed by atoms with E-state index in [1.54, 1.807) is 0 Å². The summed E-state index contributed by atoms with van der Waals surface area (Å²) in [7, 11) is 1.84. The Morgan fingerprint density at radius 1 is 1.50 bits per heavy atom. The molecule has 0 aliphatic heterocycles. The third-order valence-electron chi connectivity index (χ3n) is 3.26. The SMILES string of the molecule is COC1CC(Br)C12CCC2. The van der Waals surface area contributed by atoms with Crippen LogP contribution in [0.25, 0.3) is 0 Å². The zero-order chi connectivity index (χ0) is 7.19. The Balaban J connectivity index is 2.03. The quantitative estimate of drug-likeness (QED) is 0.597. The standard InChI is InChI=1S/C8H13BrO/c1-10-7-5-6(9)8(7)3-2-4-8/h6-7H,2-5H2,1H3. The number of rotatable bonds is 1. The fourth-order valence-corrected chi connectivity index (χ4v) is 3.34. The van der Waals surface area contributed by atoms with Crippen LogP contribution in [0.4, 0.5) is 0 Å². The van der Waals surface area contributed by atoms with Crippen LogP contribution in [0.15, 0.2) is 0 Å². The van der Waals surface area contributed by atoms with Gasteiger partial charge in [-0.3, -0.25) is 0 Å². The van der Waals surface area contributed by atoms with E-state index in [1.165, 1.54) is 25.7 Å². The minimum Gasteiger partial charge on any atom is -0.381 e. The summed E-state index contributed by atoms with van der Waals surface area (Å²) in [6, 6.07) is 0. The van der Waals surface area contributed by atoms with Crippen LogP contribution in [-0.2, 0) is 4.74 Å². The number of methoxy groups -OCH3 is 1. The Hall–Kier alpha value is 0.440. The summed E-state index contributed by atoms with van der Waals surface area (Å²) in [5.41, 5.74) is 0.564. The minimum atomic E-state index is 0.561. The number of ether oxygens (including phenoxy) is 1. The van der Waals surface area contributed by atoms with Crippen LogP contribution in [-0.4, -0.2) is 18.0 Å². The van der Waals surface area contributed by atoms with Crippen molar-refractivity contribution < 1.29 is 4.74 Å². The predicted molar refractivity (Wildman–Crippen MR) is 44.4 cm³/mol. The molecule has 58 valence electrons. The minimum absolute atomic E-state index is 0.561. The highest BCUT2D eigenvalue weighted by molar-refractivity contribution is 9.09. The van der Waals surface area contributed by atoms with Crippen LogP contribution in [0.5, 0.6) is 0 Å². The molecule has 2 heteroatoms. The Labute approximate surface area is 70.3 Å². The van der Waals surface area contributed by atoms with E-state index in [9.17, 15) is 0 Å².